The molecule has 0 aliphatic heterocycles. The van der Waals surface area contributed by atoms with Crippen LogP contribution in [0.3, 0.4) is 0 Å². The van der Waals surface area contributed by atoms with Gasteiger partial charge in [-0.05, 0) is 23.7 Å². The Kier molecular flexibility index (Phi) is 2.75. The second-order valence-corrected chi connectivity index (χ2v) is 5.15. The van der Waals surface area contributed by atoms with E-state index in [1.807, 2.05) is 6.92 Å². The van der Waals surface area contributed by atoms with Gasteiger partial charge in [0.15, 0.2) is 0 Å². The van der Waals surface area contributed by atoms with Crippen molar-refractivity contribution in [2.75, 3.05) is 13.2 Å². The lowest BCUT2D eigenvalue weighted by atomic mass is 10.0. The Hall–Kier alpha value is -0.0800. The van der Waals surface area contributed by atoms with Gasteiger partial charge < -0.3 is 9.84 Å². The summed E-state index contributed by atoms with van der Waals surface area (Å²) in [6.07, 6.45) is -0.301. The van der Waals surface area contributed by atoms with Gasteiger partial charge >= 0.3 is 0 Å². The van der Waals surface area contributed by atoms with Crippen molar-refractivity contribution in [1.29, 1.82) is 0 Å². The largest absolute Gasteiger partial charge is 0.390 e. The van der Waals surface area contributed by atoms with Crippen LogP contribution in [-0.4, -0.2) is 24.4 Å². The first-order chi connectivity index (χ1) is 5.85. The van der Waals surface area contributed by atoms with Crippen LogP contribution in [0.15, 0.2) is 0 Å². The quantitative estimate of drug-likeness (QED) is 0.728. The van der Waals surface area contributed by atoms with Crippen LogP contribution in [-0.2, 0) is 4.74 Å². The fourth-order valence-electron chi connectivity index (χ4n) is 2.54. The molecule has 0 radical (unpaired) electrons. The average molecular weight is 186 g/mol. The lowest BCUT2D eigenvalue weighted by molar-refractivity contribution is 0.0204. The third-order valence-corrected chi connectivity index (χ3v) is 4.01. The molecular weight excluding hydrogens is 164 g/mol. The van der Waals surface area contributed by atoms with Gasteiger partial charge in [-0.15, -0.1) is 0 Å². The number of hydrogen-bond donors (Lipinski definition) is 1. The van der Waals surface area contributed by atoms with Crippen LogP contribution in [0.25, 0.3) is 0 Å². The molecule has 0 amide bonds. The highest BCUT2D eigenvalue weighted by atomic mass is 16.5. The highest BCUT2D eigenvalue weighted by Gasteiger charge is 2.67. The standard InChI is InChI=1S/C11H22O2/c1-6-13-7-8(12)9-10(2,3)11(9,4)5/h8-9,12H,6-7H2,1-5H3. The van der Waals surface area contributed by atoms with E-state index in [-0.39, 0.29) is 16.9 Å². The van der Waals surface area contributed by atoms with E-state index in [0.717, 1.165) is 0 Å². The summed E-state index contributed by atoms with van der Waals surface area (Å²) in [6.45, 7) is 12.0. The molecule has 1 atom stereocenters. The first kappa shape index (κ1) is 11.0. The third kappa shape index (κ3) is 1.62. The van der Waals surface area contributed by atoms with E-state index in [9.17, 15) is 5.11 Å². The van der Waals surface area contributed by atoms with Crippen LogP contribution in [0.1, 0.15) is 34.6 Å². The number of hydrogen-bond acceptors (Lipinski definition) is 2. The molecule has 1 rings (SSSR count). The second-order valence-electron chi connectivity index (χ2n) is 5.15. The molecule has 1 aliphatic carbocycles. The SMILES string of the molecule is CCOCC(O)C1C(C)(C)C1(C)C. The van der Waals surface area contributed by atoms with Crippen molar-refractivity contribution < 1.29 is 9.84 Å². The molecule has 13 heavy (non-hydrogen) atoms. The summed E-state index contributed by atoms with van der Waals surface area (Å²) >= 11 is 0. The van der Waals surface area contributed by atoms with Crippen molar-refractivity contribution >= 4 is 0 Å². The van der Waals surface area contributed by atoms with E-state index in [4.69, 9.17) is 4.74 Å². The van der Waals surface area contributed by atoms with Crippen LogP contribution < -0.4 is 0 Å². The van der Waals surface area contributed by atoms with Crippen molar-refractivity contribution in [1.82, 2.24) is 0 Å². The first-order valence-electron chi connectivity index (χ1n) is 5.11. The van der Waals surface area contributed by atoms with Gasteiger partial charge in [0, 0.05) is 6.61 Å². The number of rotatable bonds is 4. The van der Waals surface area contributed by atoms with Crippen LogP contribution in [0, 0.1) is 16.7 Å². The van der Waals surface area contributed by atoms with Gasteiger partial charge in [0.05, 0.1) is 12.7 Å². The summed E-state index contributed by atoms with van der Waals surface area (Å²) in [5, 5.41) is 9.87. The maximum atomic E-state index is 9.87. The molecule has 2 heteroatoms. The molecule has 0 heterocycles. The van der Waals surface area contributed by atoms with Gasteiger partial charge in [0.1, 0.15) is 0 Å². The van der Waals surface area contributed by atoms with Gasteiger partial charge in [-0.1, -0.05) is 27.7 Å². The normalized spacial score (nSPS) is 27.2. The minimum absolute atomic E-state index is 0.253. The molecule has 0 aromatic heterocycles. The summed E-state index contributed by atoms with van der Waals surface area (Å²) in [7, 11) is 0. The van der Waals surface area contributed by atoms with Crippen molar-refractivity contribution in [3.05, 3.63) is 0 Å². The average Bonchev–Trinajstić information content (AvgIpc) is 2.39. The fraction of sp³-hybridized carbons (Fsp3) is 1.00. The Balaban J connectivity index is 2.47. The maximum absolute atomic E-state index is 9.87. The molecule has 1 fully saturated rings. The highest BCUT2D eigenvalue weighted by molar-refractivity contribution is 5.14. The lowest BCUT2D eigenvalue weighted by Gasteiger charge is -2.11. The molecule has 0 spiro atoms. The predicted octanol–water partition coefficient (Wildman–Crippen LogP) is 2.07. The molecular formula is C11H22O2. The van der Waals surface area contributed by atoms with Crippen molar-refractivity contribution in [3.63, 3.8) is 0 Å². The third-order valence-electron chi connectivity index (χ3n) is 4.01. The monoisotopic (exact) mass is 186 g/mol. The van der Waals surface area contributed by atoms with Gasteiger partial charge in [-0.3, -0.25) is 0 Å². The Morgan fingerprint density at radius 1 is 1.23 bits per heavy atom. The highest BCUT2D eigenvalue weighted by Crippen LogP contribution is 2.69. The van der Waals surface area contributed by atoms with Gasteiger partial charge in [-0.2, -0.15) is 0 Å². The summed E-state index contributed by atoms with van der Waals surface area (Å²) in [5.41, 5.74) is 0.507. The van der Waals surface area contributed by atoms with Crippen molar-refractivity contribution in [2.24, 2.45) is 16.7 Å². The fourth-order valence-corrected chi connectivity index (χ4v) is 2.54. The van der Waals surface area contributed by atoms with Gasteiger partial charge in [0.2, 0.25) is 0 Å². The van der Waals surface area contributed by atoms with Crippen LogP contribution in [0.2, 0.25) is 0 Å². The minimum Gasteiger partial charge on any atom is -0.390 e. The molecule has 0 aromatic rings. The van der Waals surface area contributed by atoms with E-state index in [1.165, 1.54) is 0 Å². The van der Waals surface area contributed by atoms with E-state index in [1.54, 1.807) is 0 Å². The van der Waals surface area contributed by atoms with E-state index in [0.29, 0.717) is 19.1 Å². The molecule has 0 bridgehead atoms. The Morgan fingerprint density at radius 3 is 2.00 bits per heavy atom. The number of aliphatic hydroxyl groups is 1. The zero-order valence-corrected chi connectivity index (χ0v) is 9.42. The van der Waals surface area contributed by atoms with Gasteiger partial charge in [-0.25, -0.2) is 0 Å². The molecule has 0 saturated heterocycles. The van der Waals surface area contributed by atoms with Crippen LogP contribution >= 0.6 is 0 Å². The zero-order valence-electron chi connectivity index (χ0n) is 9.42. The molecule has 1 aliphatic rings. The minimum atomic E-state index is -0.301. The predicted molar refractivity (Wildman–Crippen MR) is 53.6 cm³/mol. The van der Waals surface area contributed by atoms with Crippen LogP contribution in [0.4, 0.5) is 0 Å². The zero-order chi connectivity index (χ0) is 10.3. The molecule has 1 N–H and O–H groups in total. The first-order valence-corrected chi connectivity index (χ1v) is 5.11. The van der Waals surface area contributed by atoms with E-state index in [2.05, 4.69) is 27.7 Å². The smallest absolute Gasteiger partial charge is 0.0812 e. The lowest BCUT2D eigenvalue weighted by Crippen LogP contribution is -2.21. The summed E-state index contributed by atoms with van der Waals surface area (Å²) in [6, 6.07) is 0. The second kappa shape index (κ2) is 3.25. The Morgan fingerprint density at radius 2 is 1.69 bits per heavy atom. The van der Waals surface area contributed by atoms with Crippen molar-refractivity contribution in [3.8, 4) is 0 Å². The molecule has 78 valence electrons. The van der Waals surface area contributed by atoms with E-state index < -0.39 is 0 Å². The molecule has 1 saturated carbocycles. The Labute approximate surface area is 81.3 Å². The van der Waals surface area contributed by atoms with Crippen molar-refractivity contribution in [2.45, 2.75) is 40.7 Å². The molecule has 0 aromatic carbocycles. The summed E-state index contributed by atoms with van der Waals surface area (Å²) < 4.78 is 5.23. The Bertz CT molecular complexity index is 171. The topological polar surface area (TPSA) is 29.5 Å². The van der Waals surface area contributed by atoms with Crippen LogP contribution in [0.5, 0.6) is 0 Å². The van der Waals surface area contributed by atoms with Gasteiger partial charge in [0.25, 0.3) is 0 Å². The molecule has 2 nitrogen and oxygen atoms in total. The van der Waals surface area contributed by atoms with E-state index >= 15 is 0 Å². The summed E-state index contributed by atoms with van der Waals surface area (Å²) in [5.74, 6) is 0.381. The number of ether oxygens (including phenoxy) is 1. The maximum Gasteiger partial charge on any atom is 0.0812 e. The molecule has 1 unspecified atom stereocenters. The number of aliphatic hydroxyl groups excluding tert-OH is 1. The summed E-state index contributed by atoms with van der Waals surface area (Å²) in [4.78, 5) is 0.